The van der Waals surface area contributed by atoms with Crippen LogP contribution in [0.4, 0.5) is 8.78 Å². The molecule has 3 aromatic rings. The molecule has 1 heterocycles. The predicted octanol–water partition coefficient (Wildman–Crippen LogP) is 4.06. The summed E-state index contributed by atoms with van der Waals surface area (Å²) in [6, 6.07) is 22.6. The first-order chi connectivity index (χ1) is 16.8. The molecule has 1 fully saturated rings. The first kappa shape index (κ1) is 24.5. The fourth-order valence-electron chi connectivity index (χ4n) is 5.36. The van der Waals surface area contributed by atoms with Gasteiger partial charge in [0.15, 0.2) is 11.6 Å². The minimum atomic E-state index is -1.21. The maximum atomic E-state index is 13.9. The zero-order chi connectivity index (χ0) is 25.1. The summed E-state index contributed by atoms with van der Waals surface area (Å²) >= 11 is 0. The number of carbonyl (C=O) groups excluding carboxylic acids is 2. The maximum Gasteiger partial charge on any atom is 0.341 e. The summed E-state index contributed by atoms with van der Waals surface area (Å²) in [5, 5.41) is 0. The molecule has 2 N–H and O–H groups in total. The number of hydrogen-bond acceptors (Lipinski definition) is 3. The van der Waals surface area contributed by atoms with Crippen LogP contribution in [0.1, 0.15) is 27.9 Å². The van der Waals surface area contributed by atoms with Crippen LogP contribution in [-0.2, 0) is 14.9 Å². The van der Waals surface area contributed by atoms with Gasteiger partial charge in [-0.1, -0.05) is 66.7 Å². The number of esters is 1. The quantitative estimate of drug-likeness (QED) is 0.391. The number of carbonyl (C=O) groups is 2. The van der Waals surface area contributed by atoms with E-state index in [1.807, 2.05) is 67.7 Å². The Morgan fingerprint density at radius 3 is 2.14 bits per heavy atom. The van der Waals surface area contributed by atoms with Crippen LogP contribution in [0, 0.1) is 17.6 Å². The Morgan fingerprint density at radius 1 is 0.971 bits per heavy atom. The summed E-state index contributed by atoms with van der Waals surface area (Å²) in [6.45, 7) is 1.90. The van der Waals surface area contributed by atoms with E-state index in [1.165, 1.54) is 12.1 Å². The molecule has 3 aromatic carbocycles. The standard InChI is InChI=1S/C28H28F2N2O3/c1-32(17-18-35-26(33)23-13-8-14-24(29)25(23)30)16-15-22(19-32)28(27(31)34,20-9-4-2-5-10-20)21-11-6-3-7-12-21/h2-14,22H,15-19H2,1H3,(H-,31,34)/p+1/t22?,32-/m1/s1. The van der Waals surface area contributed by atoms with Crippen LogP contribution in [0.2, 0.25) is 0 Å². The molecule has 1 aliphatic heterocycles. The summed E-state index contributed by atoms with van der Waals surface area (Å²) < 4.78 is 33.2. The zero-order valence-corrected chi connectivity index (χ0v) is 19.6. The Kier molecular flexibility index (Phi) is 6.98. The topological polar surface area (TPSA) is 69.4 Å². The fourth-order valence-corrected chi connectivity index (χ4v) is 5.36. The highest BCUT2D eigenvalue weighted by atomic mass is 19.2. The van der Waals surface area contributed by atoms with Crippen molar-refractivity contribution < 1.29 is 27.6 Å². The van der Waals surface area contributed by atoms with E-state index in [4.69, 9.17) is 10.5 Å². The zero-order valence-electron chi connectivity index (χ0n) is 19.6. The number of amides is 1. The fraction of sp³-hybridized carbons (Fsp3) is 0.286. The molecule has 1 aliphatic rings. The van der Waals surface area contributed by atoms with Crippen molar-refractivity contribution in [2.45, 2.75) is 11.8 Å². The van der Waals surface area contributed by atoms with E-state index in [0.29, 0.717) is 17.6 Å². The van der Waals surface area contributed by atoms with E-state index in [-0.39, 0.29) is 12.5 Å². The van der Waals surface area contributed by atoms with E-state index >= 15 is 0 Å². The Morgan fingerprint density at radius 2 is 1.57 bits per heavy atom. The first-order valence-electron chi connectivity index (χ1n) is 11.6. The number of nitrogens with zero attached hydrogens (tertiary/aromatic N) is 1. The van der Waals surface area contributed by atoms with Crippen molar-refractivity contribution in [1.82, 2.24) is 0 Å². The molecule has 0 radical (unpaired) electrons. The third-order valence-corrected chi connectivity index (χ3v) is 7.17. The lowest BCUT2D eigenvalue weighted by Gasteiger charge is -2.38. The molecule has 0 aliphatic carbocycles. The number of rotatable bonds is 8. The molecule has 7 heteroatoms. The Labute approximate surface area is 203 Å². The molecule has 182 valence electrons. The molecule has 0 spiro atoms. The number of likely N-dealkylation sites (tertiary alicyclic amines) is 1. The number of primary amides is 1. The van der Waals surface area contributed by atoms with Crippen LogP contribution >= 0.6 is 0 Å². The minimum Gasteiger partial charge on any atom is -0.456 e. The second kappa shape index (κ2) is 9.96. The van der Waals surface area contributed by atoms with Gasteiger partial charge in [0.25, 0.3) is 0 Å². The lowest BCUT2D eigenvalue weighted by molar-refractivity contribution is -0.899. The summed E-state index contributed by atoms with van der Waals surface area (Å²) in [7, 11) is 2.04. The highest BCUT2D eigenvalue weighted by molar-refractivity contribution is 5.91. The van der Waals surface area contributed by atoms with Crippen molar-refractivity contribution in [2.24, 2.45) is 11.7 Å². The van der Waals surface area contributed by atoms with Crippen molar-refractivity contribution >= 4 is 11.9 Å². The largest absolute Gasteiger partial charge is 0.456 e. The van der Waals surface area contributed by atoms with E-state index < -0.39 is 34.5 Å². The maximum absolute atomic E-state index is 13.9. The van der Waals surface area contributed by atoms with E-state index in [1.54, 1.807) is 0 Å². The van der Waals surface area contributed by atoms with E-state index in [9.17, 15) is 18.4 Å². The minimum absolute atomic E-state index is 0.0399. The van der Waals surface area contributed by atoms with E-state index in [0.717, 1.165) is 30.2 Å². The molecule has 35 heavy (non-hydrogen) atoms. The molecule has 2 atom stereocenters. The van der Waals surface area contributed by atoms with Gasteiger partial charge in [0.05, 0.1) is 25.7 Å². The molecular weight excluding hydrogens is 450 g/mol. The van der Waals surface area contributed by atoms with Crippen molar-refractivity contribution in [2.75, 3.05) is 33.3 Å². The predicted molar refractivity (Wildman–Crippen MR) is 128 cm³/mol. The SMILES string of the molecule is C[N@+]1(CCOC(=O)c2cccc(F)c2F)CCC(C(C(N)=O)(c2ccccc2)c2ccccc2)C1. The average Bonchev–Trinajstić information content (AvgIpc) is 3.24. The first-order valence-corrected chi connectivity index (χ1v) is 11.6. The number of quaternary nitrogens is 1. The summed E-state index contributed by atoms with van der Waals surface area (Å²) in [6.07, 6.45) is 0.746. The summed E-state index contributed by atoms with van der Waals surface area (Å²) in [5.41, 5.74) is 6.43. The number of benzene rings is 3. The average molecular weight is 480 g/mol. The van der Waals surface area contributed by atoms with Gasteiger partial charge in [-0.25, -0.2) is 13.6 Å². The van der Waals surface area contributed by atoms with E-state index in [2.05, 4.69) is 0 Å². The molecule has 5 nitrogen and oxygen atoms in total. The Balaban J connectivity index is 1.54. The van der Waals surface area contributed by atoms with Crippen LogP contribution in [0.5, 0.6) is 0 Å². The Hall–Kier alpha value is -3.58. The van der Waals surface area contributed by atoms with Crippen LogP contribution in [0.15, 0.2) is 78.9 Å². The van der Waals surface area contributed by atoms with Gasteiger partial charge in [-0.15, -0.1) is 0 Å². The number of hydrogen-bond donors (Lipinski definition) is 1. The molecule has 1 amide bonds. The van der Waals surface area contributed by atoms with Crippen LogP contribution in [-0.4, -0.2) is 49.6 Å². The van der Waals surface area contributed by atoms with Gasteiger partial charge in [-0.3, -0.25) is 4.79 Å². The normalized spacial score (nSPS) is 19.9. The monoisotopic (exact) mass is 479 g/mol. The van der Waals surface area contributed by atoms with Crippen molar-refractivity contribution in [3.05, 3.63) is 107 Å². The highest BCUT2D eigenvalue weighted by Gasteiger charge is 2.53. The highest BCUT2D eigenvalue weighted by Crippen LogP contribution is 2.44. The van der Waals surface area contributed by atoms with Crippen LogP contribution in [0.3, 0.4) is 0 Å². The number of ether oxygens (including phenoxy) is 1. The molecule has 0 aromatic heterocycles. The lowest BCUT2D eigenvalue weighted by atomic mass is 9.64. The van der Waals surface area contributed by atoms with Gasteiger partial charge < -0.3 is 15.0 Å². The van der Waals surface area contributed by atoms with Gasteiger partial charge in [0, 0.05) is 12.3 Å². The molecular formula is C28H29F2N2O3+. The molecule has 0 saturated carbocycles. The number of likely N-dealkylation sites (N-methyl/N-ethyl adjacent to an activating group) is 1. The van der Waals surface area contributed by atoms with Crippen LogP contribution in [0.25, 0.3) is 0 Å². The van der Waals surface area contributed by atoms with Gasteiger partial charge in [0.2, 0.25) is 5.91 Å². The lowest BCUT2D eigenvalue weighted by Crippen LogP contribution is -2.51. The van der Waals surface area contributed by atoms with Crippen molar-refractivity contribution in [3.63, 3.8) is 0 Å². The summed E-state index contributed by atoms with van der Waals surface area (Å²) in [5.74, 6) is -3.68. The second-order valence-electron chi connectivity index (χ2n) is 9.38. The second-order valence-corrected chi connectivity index (χ2v) is 9.38. The third kappa shape index (κ3) is 4.68. The molecule has 4 rings (SSSR count). The molecule has 1 unspecified atom stereocenters. The van der Waals surface area contributed by atoms with Crippen LogP contribution < -0.4 is 5.73 Å². The molecule has 0 bridgehead atoms. The summed E-state index contributed by atoms with van der Waals surface area (Å²) in [4.78, 5) is 25.5. The van der Waals surface area contributed by atoms with Crippen molar-refractivity contribution in [3.8, 4) is 0 Å². The van der Waals surface area contributed by atoms with Gasteiger partial charge in [-0.05, 0) is 23.3 Å². The third-order valence-electron chi connectivity index (χ3n) is 7.17. The molecule has 1 saturated heterocycles. The number of halogens is 2. The van der Waals surface area contributed by atoms with Gasteiger partial charge in [0.1, 0.15) is 18.6 Å². The number of nitrogens with two attached hydrogens (primary N) is 1. The Bertz CT molecular complexity index is 1160. The smallest absolute Gasteiger partial charge is 0.341 e. The van der Waals surface area contributed by atoms with Gasteiger partial charge >= 0.3 is 5.97 Å². The van der Waals surface area contributed by atoms with Gasteiger partial charge in [-0.2, -0.15) is 0 Å². The van der Waals surface area contributed by atoms with Crippen molar-refractivity contribution in [1.29, 1.82) is 0 Å².